The molecule has 0 unspecified atom stereocenters. The van der Waals surface area contributed by atoms with Crippen LogP contribution in [0.3, 0.4) is 0 Å². The van der Waals surface area contributed by atoms with Gasteiger partial charge in [0.25, 0.3) is 0 Å². The van der Waals surface area contributed by atoms with Gasteiger partial charge >= 0.3 is 5.97 Å². The first-order valence-electron chi connectivity index (χ1n) is 8.39. The molecule has 0 fully saturated rings. The van der Waals surface area contributed by atoms with Gasteiger partial charge < -0.3 is 4.74 Å². The Morgan fingerprint density at radius 2 is 1.86 bits per heavy atom. The van der Waals surface area contributed by atoms with Gasteiger partial charge in [-0.15, -0.1) is 0 Å². The van der Waals surface area contributed by atoms with E-state index in [0.29, 0.717) is 5.92 Å². The highest BCUT2D eigenvalue weighted by Gasteiger charge is 2.25. The Bertz CT molecular complexity index is 544. The van der Waals surface area contributed by atoms with E-state index in [9.17, 15) is 4.79 Å². The Morgan fingerprint density at radius 1 is 1.09 bits per heavy atom. The van der Waals surface area contributed by atoms with Crippen LogP contribution < -0.4 is 0 Å². The van der Waals surface area contributed by atoms with Crippen molar-refractivity contribution in [3.05, 3.63) is 46.6 Å². The maximum Gasteiger partial charge on any atom is 0.334 e. The fraction of sp³-hybridized carbons (Fsp3) is 0.550. The van der Waals surface area contributed by atoms with Gasteiger partial charge in [0.05, 0.1) is 0 Å². The van der Waals surface area contributed by atoms with E-state index in [-0.39, 0.29) is 12.1 Å². The molecule has 0 N–H and O–H groups in total. The van der Waals surface area contributed by atoms with Crippen LogP contribution >= 0.6 is 0 Å². The second-order valence-electron chi connectivity index (χ2n) is 6.84. The van der Waals surface area contributed by atoms with E-state index in [1.54, 1.807) is 0 Å². The van der Waals surface area contributed by atoms with E-state index >= 15 is 0 Å². The third-order valence-corrected chi connectivity index (χ3v) is 4.47. The molecule has 0 aromatic heterocycles. The van der Waals surface area contributed by atoms with Gasteiger partial charge in [-0.3, -0.25) is 0 Å². The molecule has 0 saturated carbocycles. The Hall–Kier alpha value is -1.57. The molecule has 0 spiro atoms. The minimum atomic E-state index is -0.123. The normalized spacial score (nSPS) is 31.1. The van der Waals surface area contributed by atoms with Crippen LogP contribution in [0.2, 0.25) is 0 Å². The number of hydrogen-bond acceptors (Lipinski definition) is 2. The monoisotopic (exact) mass is 300 g/mol. The molecule has 0 aromatic rings. The van der Waals surface area contributed by atoms with Crippen LogP contribution in [0, 0.1) is 5.92 Å². The third-order valence-electron chi connectivity index (χ3n) is 4.47. The fourth-order valence-corrected chi connectivity index (χ4v) is 2.95. The maximum atomic E-state index is 12.0. The molecule has 2 heteroatoms. The summed E-state index contributed by atoms with van der Waals surface area (Å²) >= 11 is 0. The largest absolute Gasteiger partial charge is 0.454 e. The maximum absolute atomic E-state index is 12.0. The molecule has 1 atom stereocenters. The summed E-state index contributed by atoms with van der Waals surface area (Å²) in [5.41, 5.74) is 4.97. The molecule has 1 aliphatic carbocycles. The molecule has 2 bridgehead atoms. The minimum Gasteiger partial charge on any atom is -0.454 e. The molecule has 2 aliphatic rings. The lowest BCUT2D eigenvalue weighted by Gasteiger charge is -2.11. The fourth-order valence-electron chi connectivity index (χ4n) is 2.95. The molecule has 1 heterocycles. The molecule has 2 nitrogen and oxygen atoms in total. The molecule has 0 saturated heterocycles. The van der Waals surface area contributed by atoms with E-state index in [1.165, 1.54) is 16.7 Å². The van der Waals surface area contributed by atoms with Crippen molar-refractivity contribution in [2.75, 3.05) is 0 Å². The topological polar surface area (TPSA) is 26.3 Å². The van der Waals surface area contributed by atoms with Crippen LogP contribution in [-0.4, -0.2) is 12.1 Å². The van der Waals surface area contributed by atoms with Crippen LogP contribution in [0.1, 0.15) is 59.8 Å². The van der Waals surface area contributed by atoms with Crippen molar-refractivity contribution in [3.8, 4) is 0 Å². The third kappa shape index (κ3) is 4.72. The number of hydrogen-bond donors (Lipinski definition) is 0. The number of carbonyl (C=O) groups excluding carboxylic acids is 1. The summed E-state index contributed by atoms with van der Waals surface area (Å²) in [7, 11) is 0. The van der Waals surface area contributed by atoms with Gasteiger partial charge in [-0.05, 0) is 51.5 Å². The van der Waals surface area contributed by atoms with E-state index in [1.807, 2.05) is 6.08 Å². The summed E-state index contributed by atoms with van der Waals surface area (Å²) < 4.78 is 5.48. The molecule has 0 aromatic carbocycles. The summed E-state index contributed by atoms with van der Waals surface area (Å²) in [5.74, 6) is 0.385. The molecule has 2 rings (SSSR count). The first kappa shape index (κ1) is 16.8. The van der Waals surface area contributed by atoms with Gasteiger partial charge in [-0.1, -0.05) is 48.8 Å². The lowest BCUT2D eigenvalue weighted by molar-refractivity contribution is -0.139. The molecule has 0 amide bonds. The number of fused-ring (bicyclic) bond motifs is 1. The highest BCUT2D eigenvalue weighted by atomic mass is 16.5. The zero-order valence-corrected chi connectivity index (χ0v) is 14.3. The average Bonchev–Trinajstić information content (AvgIpc) is 2.77. The van der Waals surface area contributed by atoms with E-state index < -0.39 is 0 Å². The lowest BCUT2D eigenvalue weighted by Crippen LogP contribution is -2.08. The number of allylic oxidation sites excluding steroid dienone is 5. The Morgan fingerprint density at radius 3 is 2.59 bits per heavy atom. The second kappa shape index (κ2) is 7.62. The summed E-state index contributed by atoms with van der Waals surface area (Å²) in [5, 5.41) is 0. The first-order chi connectivity index (χ1) is 10.5. The van der Waals surface area contributed by atoms with Crippen molar-refractivity contribution >= 4 is 5.97 Å². The standard InChI is InChI=1S/C20H28O2/c1-14(2)17-9-8-15(3)6-5-7-16(4)12-19-13-18(11-10-17)20(21)22-19/h7-9,13-14,19H,5-6,10-12H2,1-4H3/b15-8+,16-7+,17-9+/t19-/m0/s1. The van der Waals surface area contributed by atoms with Gasteiger partial charge in [0.1, 0.15) is 6.10 Å². The van der Waals surface area contributed by atoms with E-state index in [0.717, 1.165) is 37.7 Å². The van der Waals surface area contributed by atoms with Crippen molar-refractivity contribution in [2.24, 2.45) is 5.92 Å². The van der Waals surface area contributed by atoms with Crippen molar-refractivity contribution in [1.29, 1.82) is 0 Å². The molecule has 1 aliphatic heterocycles. The Kier molecular flexibility index (Phi) is 5.82. The number of carbonyl (C=O) groups is 1. The summed E-state index contributed by atoms with van der Waals surface area (Å²) in [6.07, 6.45) is 13.4. The van der Waals surface area contributed by atoms with Crippen molar-refractivity contribution in [2.45, 2.75) is 65.9 Å². The predicted octanol–water partition coefficient (Wildman–Crippen LogP) is 5.28. The van der Waals surface area contributed by atoms with Gasteiger partial charge in [-0.25, -0.2) is 4.79 Å². The van der Waals surface area contributed by atoms with E-state index in [2.05, 4.69) is 45.9 Å². The van der Waals surface area contributed by atoms with Crippen molar-refractivity contribution in [1.82, 2.24) is 0 Å². The number of esters is 1. The SMILES string of the molecule is C/C1=C\C=C(\C(C)C)CCC2=C[C@H](C/C(C)=C/CC1)OC2=O. The average molecular weight is 300 g/mol. The Labute approximate surface area is 134 Å². The molecule has 22 heavy (non-hydrogen) atoms. The van der Waals surface area contributed by atoms with Crippen molar-refractivity contribution in [3.63, 3.8) is 0 Å². The quantitative estimate of drug-likeness (QED) is 0.486. The zero-order valence-electron chi connectivity index (χ0n) is 14.3. The summed E-state index contributed by atoms with van der Waals surface area (Å²) in [6.45, 7) is 8.76. The predicted molar refractivity (Wildman–Crippen MR) is 91.5 cm³/mol. The second-order valence-corrected chi connectivity index (χ2v) is 6.84. The molecule has 120 valence electrons. The van der Waals surface area contributed by atoms with Crippen LogP contribution in [0.5, 0.6) is 0 Å². The zero-order chi connectivity index (χ0) is 16.1. The van der Waals surface area contributed by atoms with E-state index in [4.69, 9.17) is 4.74 Å². The van der Waals surface area contributed by atoms with Crippen LogP contribution in [0.25, 0.3) is 0 Å². The summed E-state index contributed by atoms with van der Waals surface area (Å²) in [4.78, 5) is 12.0. The van der Waals surface area contributed by atoms with Gasteiger partial charge in [0.15, 0.2) is 0 Å². The van der Waals surface area contributed by atoms with Crippen LogP contribution in [0.4, 0.5) is 0 Å². The molecular formula is C20H28O2. The lowest BCUT2D eigenvalue weighted by atomic mass is 9.94. The van der Waals surface area contributed by atoms with Gasteiger partial charge in [0.2, 0.25) is 0 Å². The molecule has 0 radical (unpaired) electrons. The highest BCUT2D eigenvalue weighted by Crippen LogP contribution is 2.27. The highest BCUT2D eigenvalue weighted by molar-refractivity contribution is 5.90. The first-order valence-corrected chi connectivity index (χ1v) is 8.39. The molecular weight excluding hydrogens is 272 g/mol. The minimum absolute atomic E-state index is 0.0650. The number of rotatable bonds is 1. The summed E-state index contributed by atoms with van der Waals surface area (Å²) in [6, 6.07) is 0. The van der Waals surface area contributed by atoms with Gasteiger partial charge in [0, 0.05) is 12.0 Å². The number of ether oxygens (including phenoxy) is 1. The van der Waals surface area contributed by atoms with Gasteiger partial charge in [-0.2, -0.15) is 0 Å². The van der Waals surface area contributed by atoms with Crippen LogP contribution in [0.15, 0.2) is 46.6 Å². The van der Waals surface area contributed by atoms with Crippen molar-refractivity contribution < 1.29 is 9.53 Å². The van der Waals surface area contributed by atoms with Crippen LogP contribution in [-0.2, 0) is 9.53 Å². The Balaban J connectivity index is 2.23. The smallest absolute Gasteiger partial charge is 0.334 e.